The summed E-state index contributed by atoms with van der Waals surface area (Å²) in [5.41, 5.74) is 4.00. The van der Waals surface area contributed by atoms with Gasteiger partial charge in [-0.2, -0.15) is 5.10 Å². The van der Waals surface area contributed by atoms with Gasteiger partial charge in [-0.25, -0.2) is 9.50 Å². The van der Waals surface area contributed by atoms with Gasteiger partial charge in [0.1, 0.15) is 11.3 Å². The van der Waals surface area contributed by atoms with Gasteiger partial charge in [0.05, 0.1) is 11.4 Å². The van der Waals surface area contributed by atoms with Gasteiger partial charge in [-0.05, 0) is 26.8 Å². The Bertz CT molecular complexity index is 739. The van der Waals surface area contributed by atoms with Crippen LogP contribution in [-0.4, -0.2) is 26.8 Å². The van der Waals surface area contributed by atoms with Gasteiger partial charge in [0.15, 0.2) is 5.82 Å². The van der Waals surface area contributed by atoms with Crippen molar-refractivity contribution in [1.29, 1.82) is 0 Å². The van der Waals surface area contributed by atoms with E-state index in [0.29, 0.717) is 6.54 Å². The quantitative estimate of drug-likeness (QED) is 0.731. The fraction of sp³-hybridized carbons (Fsp3) is 0.357. The molecule has 0 radical (unpaired) electrons. The summed E-state index contributed by atoms with van der Waals surface area (Å²) in [5.74, 6) is 1.75. The molecule has 6 heteroatoms. The van der Waals surface area contributed by atoms with Gasteiger partial charge in [0.25, 0.3) is 0 Å². The molecule has 3 aromatic heterocycles. The van der Waals surface area contributed by atoms with E-state index in [9.17, 15) is 0 Å². The first kappa shape index (κ1) is 12.7. The highest BCUT2D eigenvalue weighted by atomic mass is 16.5. The zero-order valence-electron chi connectivity index (χ0n) is 12.1. The van der Waals surface area contributed by atoms with Crippen LogP contribution in [-0.2, 0) is 6.54 Å². The van der Waals surface area contributed by atoms with Gasteiger partial charge in [-0.15, -0.1) is 0 Å². The number of hydrogen-bond acceptors (Lipinski definition) is 5. The normalized spacial score (nSPS) is 11.2. The molecular formula is C14H17N5O. The number of anilines is 1. The van der Waals surface area contributed by atoms with Crippen LogP contribution in [0.25, 0.3) is 5.52 Å². The largest absolute Gasteiger partial charge is 0.361 e. The number of hydrogen-bond donors (Lipinski definition) is 0. The number of rotatable bonds is 3. The van der Waals surface area contributed by atoms with Crippen molar-refractivity contribution in [3.8, 4) is 0 Å². The van der Waals surface area contributed by atoms with E-state index >= 15 is 0 Å². The summed E-state index contributed by atoms with van der Waals surface area (Å²) in [4.78, 5) is 6.56. The summed E-state index contributed by atoms with van der Waals surface area (Å²) < 4.78 is 7.06. The van der Waals surface area contributed by atoms with E-state index in [2.05, 4.69) is 20.1 Å². The van der Waals surface area contributed by atoms with Crippen LogP contribution in [0, 0.1) is 20.8 Å². The molecule has 3 rings (SSSR count). The van der Waals surface area contributed by atoms with E-state index in [1.54, 1.807) is 6.20 Å². The molecule has 0 bridgehead atoms. The van der Waals surface area contributed by atoms with Crippen LogP contribution < -0.4 is 4.90 Å². The van der Waals surface area contributed by atoms with Gasteiger partial charge >= 0.3 is 0 Å². The first-order valence-corrected chi connectivity index (χ1v) is 6.50. The molecule has 0 atom stereocenters. The van der Waals surface area contributed by atoms with Gasteiger partial charge in [-0.1, -0.05) is 5.16 Å². The Morgan fingerprint density at radius 3 is 2.80 bits per heavy atom. The van der Waals surface area contributed by atoms with Crippen LogP contribution in [0.5, 0.6) is 0 Å². The lowest BCUT2D eigenvalue weighted by Crippen LogP contribution is -2.19. The standard InChI is InChI=1S/C14H17N5O/c1-9-7-13-14(15-5-6-19(13)16-9)18(4)8-12-10(2)17-20-11(12)3/h5-7H,8H2,1-4H3. The highest BCUT2D eigenvalue weighted by Gasteiger charge is 2.15. The smallest absolute Gasteiger partial charge is 0.154 e. The molecule has 104 valence electrons. The molecule has 0 aromatic carbocycles. The van der Waals surface area contributed by atoms with Gasteiger partial charge in [0.2, 0.25) is 0 Å². The van der Waals surface area contributed by atoms with Crippen LogP contribution in [0.4, 0.5) is 5.82 Å². The van der Waals surface area contributed by atoms with Gasteiger partial charge in [-0.3, -0.25) is 0 Å². The van der Waals surface area contributed by atoms with Crippen molar-refractivity contribution in [3.63, 3.8) is 0 Å². The molecule has 0 saturated heterocycles. The van der Waals surface area contributed by atoms with Crippen LogP contribution in [0.15, 0.2) is 23.0 Å². The Labute approximate surface area is 117 Å². The Balaban J connectivity index is 1.98. The highest BCUT2D eigenvalue weighted by molar-refractivity contribution is 5.68. The second kappa shape index (κ2) is 4.63. The number of fused-ring (bicyclic) bond motifs is 1. The summed E-state index contributed by atoms with van der Waals surface area (Å²) >= 11 is 0. The van der Waals surface area contributed by atoms with Crippen molar-refractivity contribution in [1.82, 2.24) is 19.8 Å². The molecule has 0 N–H and O–H groups in total. The fourth-order valence-corrected chi connectivity index (χ4v) is 2.36. The van der Waals surface area contributed by atoms with E-state index in [1.165, 1.54) is 0 Å². The molecule has 3 aromatic rings. The SMILES string of the molecule is Cc1cc2c(N(C)Cc3c(C)noc3C)nccn2n1. The monoisotopic (exact) mass is 271 g/mol. The lowest BCUT2D eigenvalue weighted by Gasteiger charge is -2.18. The molecule has 0 spiro atoms. The van der Waals surface area contributed by atoms with Crippen molar-refractivity contribution in [2.24, 2.45) is 0 Å². The summed E-state index contributed by atoms with van der Waals surface area (Å²) in [6.45, 7) is 6.57. The second-order valence-corrected chi connectivity index (χ2v) is 5.03. The van der Waals surface area contributed by atoms with Crippen LogP contribution in [0.1, 0.15) is 22.7 Å². The summed E-state index contributed by atoms with van der Waals surface area (Å²) in [7, 11) is 2.01. The van der Waals surface area contributed by atoms with E-state index < -0.39 is 0 Å². The minimum atomic E-state index is 0.706. The molecule has 0 aliphatic heterocycles. The number of aromatic nitrogens is 4. The van der Waals surface area contributed by atoms with Crippen molar-refractivity contribution in [2.45, 2.75) is 27.3 Å². The van der Waals surface area contributed by atoms with Crippen LogP contribution in [0.3, 0.4) is 0 Å². The Hall–Kier alpha value is -2.37. The van der Waals surface area contributed by atoms with E-state index in [-0.39, 0.29) is 0 Å². The Morgan fingerprint density at radius 1 is 1.30 bits per heavy atom. The van der Waals surface area contributed by atoms with Crippen molar-refractivity contribution >= 4 is 11.3 Å². The molecule has 0 saturated carbocycles. The van der Waals surface area contributed by atoms with E-state index in [4.69, 9.17) is 4.52 Å². The Kier molecular flexibility index (Phi) is 2.93. The van der Waals surface area contributed by atoms with Crippen molar-refractivity contribution < 1.29 is 4.52 Å². The molecule has 0 aliphatic carbocycles. The van der Waals surface area contributed by atoms with Crippen molar-refractivity contribution in [2.75, 3.05) is 11.9 Å². The zero-order valence-corrected chi connectivity index (χ0v) is 12.1. The molecule has 0 aliphatic rings. The molecular weight excluding hydrogens is 254 g/mol. The molecule has 0 amide bonds. The molecule has 0 unspecified atom stereocenters. The maximum Gasteiger partial charge on any atom is 0.154 e. The molecule has 3 heterocycles. The number of nitrogens with zero attached hydrogens (tertiary/aromatic N) is 5. The molecule has 20 heavy (non-hydrogen) atoms. The first-order valence-electron chi connectivity index (χ1n) is 6.50. The first-order chi connectivity index (χ1) is 9.56. The third-order valence-corrected chi connectivity index (χ3v) is 3.43. The predicted molar refractivity (Wildman–Crippen MR) is 75.8 cm³/mol. The van der Waals surface area contributed by atoms with Crippen molar-refractivity contribution in [3.05, 3.63) is 41.2 Å². The maximum absolute atomic E-state index is 5.21. The lowest BCUT2D eigenvalue weighted by atomic mass is 10.2. The van der Waals surface area contributed by atoms with Crippen LogP contribution >= 0.6 is 0 Å². The summed E-state index contributed by atoms with van der Waals surface area (Å²) in [6.07, 6.45) is 3.62. The van der Waals surface area contributed by atoms with Gasteiger partial charge < -0.3 is 9.42 Å². The fourth-order valence-electron chi connectivity index (χ4n) is 2.36. The maximum atomic E-state index is 5.21. The highest BCUT2D eigenvalue weighted by Crippen LogP contribution is 2.22. The predicted octanol–water partition coefficient (Wildman–Crippen LogP) is 2.28. The average molecular weight is 271 g/mol. The minimum Gasteiger partial charge on any atom is -0.361 e. The van der Waals surface area contributed by atoms with Crippen LogP contribution in [0.2, 0.25) is 0 Å². The topological polar surface area (TPSA) is 59.5 Å². The summed E-state index contributed by atoms with van der Waals surface area (Å²) in [5, 5.41) is 8.40. The molecule has 6 nitrogen and oxygen atoms in total. The summed E-state index contributed by atoms with van der Waals surface area (Å²) in [6, 6.07) is 2.03. The second-order valence-electron chi connectivity index (χ2n) is 5.03. The third kappa shape index (κ3) is 2.03. The third-order valence-electron chi connectivity index (χ3n) is 3.43. The Morgan fingerprint density at radius 2 is 2.10 bits per heavy atom. The van der Waals surface area contributed by atoms with E-state index in [0.717, 1.165) is 34.0 Å². The average Bonchev–Trinajstić information content (AvgIpc) is 2.94. The lowest BCUT2D eigenvalue weighted by molar-refractivity contribution is 0.392. The minimum absolute atomic E-state index is 0.706. The van der Waals surface area contributed by atoms with Gasteiger partial charge in [0, 0.05) is 31.5 Å². The zero-order chi connectivity index (χ0) is 14.3. The number of aryl methyl sites for hydroxylation is 3. The van der Waals surface area contributed by atoms with E-state index in [1.807, 2.05) is 44.6 Å². The molecule has 0 fully saturated rings.